The van der Waals surface area contributed by atoms with E-state index in [9.17, 15) is 4.79 Å². The molecule has 5 nitrogen and oxygen atoms in total. The van der Waals surface area contributed by atoms with Crippen molar-refractivity contribution in [3.8, 4) is 0 Å². The molecule has 0 unspecified atom stereocenters. The minimum Gasteiger partial charge on any atom is -0.467 e. The van der Waals surface area contributed by atoms with Crippen LogP contribution in [0.25, 0.3) is 11.0 Å². The molecule has 1 aromatic carbocycles. The number of benzene rings is 1. The van der Waals surface area contributed by atoms with E-state index in [0.29, 0.717) is 5.95 Å². The molecule has 1 atom stereocenters. The van der Waals surface area contributed by atoms with Crippen molar-refractivity contribution in [3.63, 3.8) is 0 Å². The first-order chi connectivity index (χ1) is 7.70. The monoisotopic (exact) mass is 219 g/mol. The highest BCUT2D eigenvalue weighted by molar-refractivity contribution is 5.80. The first-order valence-corrected chi connectivity index (χ1v) is 5.00. The van der Waals surface area contributed by atoms with Crippen LogP contribution in [0.1, 0.15) is 6.92 Å². The molecule has 0 aliphatic carbocycles. The Kier molecular flexibility index (Phi) is 2.76. The lowest BCUT2D eigenvalue weighted by Crippen LogP contribution is -2.27. The van der Waals surface area contributed by atoms with Crippen molar-refractivity contribution in [1.82, 2.24) is 9.97 Å². The Morgan fingerprint density at radius 1 is 1.50 bits per heavy atom. The van der Waals surface area contributed by atoms with Crippen molar-refractivity contribution in [2.45, 2.75) is 13.0 Å². The molecule has 1 heterocycles. The third kappa shape index (κ3) is 1.98. The zero-order valence-electron chi connectivity index (χ0n) is 9.15. The second-order valence-corrected chi connectivity index (χ2v) is 3.49. The topological polar surface area (TPSA) is 67.0 Å². The summed E-state index contributed by atoms with van der Waals surface area (Å²) in [4.78, 5) is 18.6. The second-order valence-electron chi connectivity index (χ2n) is 3.49. The van der Waals surface area contributed by atoms with Crippen molar-refractivity contribution >= 4 is 23.0 Å². The molecule has 16 heavy (non-hydrogen) atoms. The summed E-state index contributed by atoms with van der Waals surface area (Å²) in [5.74, 6) is 0.250. The lowest BCUT2D eigenvalue weighted by atomic mass is 10.3. The average Bonchev–Trinajstić information content (AvgIpc) is 2.69. The van der Waals surface area contributed by atoms with Crippen molar-refractivity contribution < 1.29 is 9.53 Å². The van der Waals surface area contributed by atoms with Gasteiger partial charge in [-0.25, -0.2) is 9.78 Å². The van der Waals surface area contributed by atoms with Gasteiger partial charge in [-0.05, 0) is 19.1 Å². The SMILES string of the molecule is COC(=O)[C@@H](C)Nc1nc2ccccc2[nH]1. The Morgan fingerprint density at radius 3 is 2.94 bits per heavy atom. The number of imidazole rings is 1. The number of fused-ring (bicyclic) bond motifs is 1. The summed E-state index contributed by atoms with van der Waals surface area (Å²) < 4.78 is 4.62. The molecule has 0 amide bonds. The number of hydrogen-bond donors (Lipinski definition) is 2. The third-order valence-electron chi connectivity index (χ3n) is 2.30. The van der Waals surface area contributed by atoms with E-state index in [1.165, 1.54) is 7.11 Å². The number of para-hydroxylation sites is 2. The first-order valence-electron chi connectivity index (χ1n) is 5.00. The number of methoxy groups -OCH3 is 1. The normalized spacial score (nSPS) is 12.4. The summed E-state index contributed by atoms with van der Waals surface area (Å²) in [6, 6.07) is 7.24. The fraction of sp³-hybridized carbons (Fsp3) is 0.273. The average molecular weight is 219 g/mol. The Balaban J connectivity index is 2.18. The molecule has 0 saturated heterocycles. The predicted molar refractivity (Wildman–Crippen MR) is 61.2 cm³/mol. The minimum absolute atomic E-state index is 0.319. The van der Waals surface area contributed by atoms with Crippen LogP contribution in [0.2, 0.25) is 0 Å². The van der Waals surface area contributed by atoms with Gasteiger partial charge in [0.2, 0.25) is 5.95 Å². The van der Waals surface area contributed by atoms with Crippen LogP contribution in [0.5, 0.6) is 0 Å². The second kappa shape index (κ2) is 4.22. The van der Waals surface area contributed by atoms with Crippen LogP contribution >= 0.6 is 0 Å². The molecule has 0 saturated carbocycles. The molecule has 0 aliphatic heterocycles. The van der Waals surface area contributed by atoms with Crippen molar-refractivity contribution in [2.75, 3.05) is 12.4 Å². The molecule has 5 heteroatoms. The minimum atomic E-state index is -0.425. The number of nitrogens with one attached hydrogen (secondary N) is 2. The maximum Gasteiger partial charge on any atom is 0.328 e. The van der Waals surface area contributed by atoms with Gasteiger partial charge >= 0.3 is 5.97 Å². The molecule has 0 spiro atoms. The van der Waals surface area contributed by atoms with Crippen LogP contribution in [0.4, 0.5) is 5.95 Å². The molecular weight excluding hydrogens is 206 g/mol. The summed E-state index contributed by atoms with van der Waals surface area (Å²) in [5.41, 5.74) is 1.80. The Labute approximate surface area is 92.8 Å². The van der Waals surface area contributed by atoms with Gasteiger partial charge in [0, 0.05) is 0 Å². The summed E-state index contributed by atoms with van der Waals surface area (Å²) >= 11 is 0. The number of aromatic nitrogens is 2. The number of H-pyrrole nitrogens is 1. The van der Waals surface area contributed by atoms with Crippen molar-refractivity contribution in [2.24, 2.45) is 0 Å². The summed E-state index contributed by atoms with van der Waals surface area (Å²) in [7, 11) is 1.36. The molecule has 2 aromatic rings. The van der Waals surface area contributed by atoms with Crippen LogP contribution in [0, 0.1) is 0 Å². The smallest absolute Gasteiger partial charge is 0.328 e. The van der Waals surface area contributed by atoms with Crippen LogP contribution < -0.4 is 5.32 Å². The van der Waals surface area contributed by atoms with Gasteiger partial charge in [0.25, 0.3) is 0 Å². The number of carbonyl (C=O) groups excluding carboxylic acids is 1. The molecule has 84 valence electrons. The molecule has 2 N–H and O–H groups in total. The number of nitrogens with zero attached hydrogens (tertiary/aromatic N) is 1. The van der Waals surface area contributed by atoms with Gasteiger partial charge in [0.15, 0.2) is 0 Å². The zero-order chi connectivity index (χ0) is 11.5. The highest BCUT2D eigenvalue weighted by Gasteiger charge is 2.14. The number of ether oxygens (including phenoxy) is 1. The fourth-order valence-electron chi connectivity index (χ4n) is 1.46. The van der Waals surface area contributed by atoms with Gasteiger partial charge < -0.3 is 15.0 Å². The van der Waals surface area contributed by atoms with Gasteiger partial charge in [-0.1, -0.05) is 12.1 Å². The van der Waals surface area contributed by atoms with E-state index in [-0.39, 0.29) is 5.97 Å². The Hall–Kier alpha value is -2.04. The molecule has 0 bridgehead atoms. The van der Waals surface area contributed by atoms with Gasteiger partial charge in [-0.15, -0.1) is 0 Å². The van der Waals surface area contributed by atoms with Crippen molar-refractivity contribution in [3.05, 3.63) is 24.3 Å². The van der Waals surface area contributed by atoms with E-state index in [1.807, 2.05) is 24.3 Å². The van der Waals surface area contributed by atoms with Crippen LogP contribution in [-0.2, 0) is 9.53 Å². The molecule has 0 aliphatic rings. The highest BCUT2D eigenvalue weighted by atomic mass is 16.5. The van der Waals surface area contributed by atoms with Crippen LogP contribution in [0.3, 0.4) is 0 Å². The lowest BCUT2D eigenvalue weighted by molar-refractivity contribution is -0.141. The number of aromatic amines is 1. The largest absolute Gasteiger partial charge is 0.467 e. The van der Waals surface area contributed by atoms with Crippen molar-refractivity contribution in [1.29, 1.82) is 0 Å². The Bertz CT molecular complexity index is 474. The predicted octanol–water partition coefficient (Wildman–Crippen LogP) is 1.54. The fourth-order valence-corrected chi connectivity index (χ4v) is 1.46. The standard InChI is InChI=1S/C11H13N3O2/c1-7(10(15)16-2)12-11-13-8-5-3-4-6-9(8)14-11/h3-7H,1-2H3,(H2,12,13,14)/t7-/m1/s1. The maximum absolute atomic E-state index is 11.2. The molecular formula is C11H13N3O2. The van der Waals surface area contributed by atoms with E-state index >= 15 is 0 Å². The van der Waals surface area contributed by atoms with Gasteiger partial charge in [0.05, 0.1) is 18.1 Å². The third-order valence-corrected chi connectivity index (χ3v) is 2.30. The number of carbonyl (C=O) groups is 1. The number of anilines is 1. The summed E-state index contributed by atoms with van der Waals surface area (Å²) in [6.45, 7) is 1.72. The number of esters is 1. The highest BCUT2D eigenvalue weighted by Crippen LogP contribution is 2.13. The quantitative estimate of drug-likeness (QED) is 0.768. The molecule has 2 rings (SSSR count). The van der Waals surface area contributed by atoms with Crippen LogP contribution in [0.15, 0.2) is 24.3 Å². The molecule has 0 radical (unpaired) electrons. The summed E-state index contributed by atoms with van der Waals surface area (Å²) in [6.07, 6.45) is 0. The molecule has 1 aromatic heterocycles. The number of hydrogen-bond acceptors (Lipinski definition) is 4. The zero-order valence-corrected chi connectivity index (χ0v) is 9.15. The van der Waals surface area contributed by atoms with Crippen LogP contribution in [-0.4, -0.2) is 29.1 Å². The molecule has 0 fully saturated rings. The van der Waals surface area contributed by atoms with Gasteiger partial charge in [0.1, 0.15) is 6.04 Å². The van der Waals surface area contributed by atoms with Gasteiger partial charge in [-0.2, -0.15) is 0 Å². The van der Waals surface area contributed by atoms with E-state index in [2.05, 4.69) is 20.0 Å². The van der Waals surface area contributed by atoms with Gasteiger partial charge in [-0.3, -0.25) is 0 Å². The lowest BCUT2D eigenvalue weighted by Gasteiger charge is -2.09. The van der Waals surface area contributed by atoms with E-state index in [0.717, 1.165) is 11.0 Å². The Morgan fingerprint density at radius 2 is 2.25 bits per heavy atom. The summed E-state index contributed by atoms with van der Waals surface area (Å²) in [5, 5.41) is 2.94. The van der Waals surface area contributed by atoms with E-state index < -0.39 is 6.04 Å². The number of rotatable bonds is 3. The maximum atomic E-state index is 11.2. The van der Waals surface area contributed by atoms with E-state index in [1.54, 1.807) is 6.92 Å². The van der Waals surface area contributed by atoms with E-state index in [4.69, 9.17) is 0 Å². The first kappa shape index (κ1) is 10.5.